The summed E-state index contributed by atoms with van der Waals surface area (Å²) in [6, 6.07) is 7.90. The minimum absolute atomic E-state index is 0.0744. The maximum Gasteiger partial charge on any atom is 0.142 e. The topological polar surface area (TPSA) is 25.4 Å². The third-order valence-electron chi connectivity index (χ3n) is 3.05. The van der Waals surface area contributed by atoms with Crippen LogP contribution < -0.4 is 0 Å². The summed E-state index contributed by atoms with van der Waals surface area (Å²) in [5, 5.41) is 0.615. The molecule has 2 aromatic rings. The van der Waals surface area contributed by atoms with Crippen molar-refractivity contribution in [2.75, 3.05) is 6.61 Å². The molecule has 1 saturated heterocycles. The van der Waals surface area contributed by atoms with Crippen molar-refractivity contribution in [3.63, 3.8) is 0 Å². The van der Waals surface area contributed by atoms with Crippen molar-refractivity contribution in [1.29, 1.82) is 0 Å². The van der Waals surface area contributed by atoms with Crippen molar-refractivity contribution in [1.82, 2.24) is 4.98 Å². The Hall–Kier alpha value is -0.870. The largest absolute Gasteiger partial charge is 0.359 e. The van der Waals surface area contributed by atoms with Crippen LogP contribution in [0.1, 0.15) is 11.1 Å². The van der Waals surface area contributed by atoms with Crippen LogP contribution in [-0.4, -0.2) is 11.6 Å². The highest BCUT2D eigenvalue weighted by Crippen LogP contribution is 2.46. The summed E-state index contributed by atoms with van der Waals surface area (Å²) in [6.07, 6.45) is 0. The fourth-order valence-corrected chi connectivity index (χ4v) is 2.60. The second-order valence-electron chi connectivity index (χ2n) is 4.25. The van der Waals surface area contributed by atoms with Crippen LogP contribution in [0.15, 0.2) is 30.3 Å². The van der Waals surface area contributed by atoms with E-state index in [1.54, 1.807) is 18.2 Å². The molecule has 0 bridgehead atoms. The Bertz CT molecular complexity index is 638. The van der Waals surface area contributed by atoms with Gasteiger partial charge in [-0.3, -0.25) is 0 Å². The molecule has 19 heavy (non-hydrogen) atoms. The molecule has 0 saturated carbocycles. The molecule has 3 rings (SSSR count). The number of epoxide rings is 1. The molecule has 1 aromatic heterocycles. The van der Waals surface area contributed by atoms with Crippen molar-refractivity contribution in [3.05, 3.63) is 62.6 Å². The van der Waals surface area contributed by atoms with Gasteiger partial charge in [0.05, 0.1) is 11.6 Å². The first-order chi connectivity index (χ1) is 9.01. The van der Waals surface area contributed by atoms with Crippen molar-refractivity contribution >= 4 is 34.8 Å². The van der Waals surface area contributed by atoms with E-state index in [9.17, 15) is 4.39 Å². The van der Waals surface area contributed by atoms with E-state index in [4.69, 9.17) is 39.5 Å². The molecule has 0 amide bonds. The molecule has 1 fully saturated rings. The predicted molar refractivity (Wildman–Crippen MR) is 72.4 cm³/mol. The third-order valence-corrected chi connectivity index (χ3v) is 3.74. The number of halogens is 4. The first kappa shape index (κ1) is 13.1. The molecule has 0 spiro atoms. The molecule has 0 aliphatic carbocycles. The van der Waals surface area contributed by atoms with Crippen LogP contribution in [0.5, 0.6) is 0 Å². The smallest absolute Gasteiger partial charge is 0.142 e. The van der Waals surface area contributed by atoms with Crippen LogP contribution in [0.3, 0.4) is 0 Å². The van der Waals surface area contributed by atoms with Gasteiger partial charge in [0, 0.05) is 0 Å². The van der Waals surface area contributed by atoms with Crippen LogP contribution in [-0.2, 0) is 10.3 Å². The Labute approximate surface area is 124 Å². The monoisotopic (exact) mass is 317 g/mol. The van der Waals surface area contributed by atoms with Gasteiger partial charge in [-0.2, -0.15) is 0 Å². The van der Waals surface area contributed by atoms with E-state index in [0.717, 1.165) is 5.56 Å². The Balaban J connectivity index is 2.09. The number of rotatable bonds is 2. The zero-order valence-corrected chi connectivity index (χ0v) is 11.7. The first-order valence-corrected chi connectivity index (χ1v) is 6.58. The SMILES string of the molecule is Fc1cc(C2(c3cc(Cl)nc(Cl)c3)CO2)ccc1Cl. The molecule has 0 radical (unpaired) electrons. The van der Waals surface area contributed by atoms with Gasteiger partial charge in [-0.1, -0.05) is 40.9 Å². The summed E-state index contributed by atoms with van der Waals surface area (Å²) in [7, 11) is 0. The zero-order chi connectivity index (χ0) is 13.6. The minimum Gasteiger partial charge on any atom is -0.359 e. The van der Waals surface area contributed by atoms with Crippen LogP contribution in [0, 0.1) is 5.82 Å². The molecule has 98 valence electrons. The van der Waals surface area contributed by atoms with E-state index in [1.165, 1.54) is 12.1 Å². The van der Waals surface area contributed by atoms with Crippen molar-refractivity contribution in [2.24, 2.45) is 0 Å². The molecule has 1 unspecified atom stereocenters. The van der Waals surface area contributed by atoms with Gasteiger partial charge in [-0.05, 0) is 35.4 Å². The minimum atomic E-state index is -0.707. The van der Waals surface area contributed by atoms with E-state index >= 15 is 0 Å². The molecule has 1 aliphatic rings. The fraction of sp³-hybridized carbons (Fsp3) is 0.154. The van der Waals surface area contributed by atoms with Gasteiger partial charge in [0.25, 0.3) is 0 Å². The molecule has 1 aliphatic heterocycles. The highest BCUT2D eigenvalue weighted by Gasteiger charge is 2.49. The number of ether oxygens (including phenoxy) is 1. The molecule has 1 aromatic carbocycles. The van der Waals surface area contributed by atoms with Crippen LogP contribution in [0.4, 0.5) is 4.39 Å². The van der Waals surface area contributed by atoms with E-state index in [2.05, 4.69) is 4.98 Å². The number of benzene rings is 1. The summed E-state index contributed by atoms with van der Waals surface area (Å²) >= 11 is 17.4. The average Bonchev–Trinajstić information content (AvgIpc) is 3.13. The molecule has 2 heterocycles. The molecular weight excluding hydrogens is 312 g/mol. The van der Waals surface area contributed by atoms with Gasteiger partial charge in [0.2, 0.25) is 0 Å². The fourth-order valence-electron chi connectivity index (χ4n) is 2.02. The lowest BCUT2D eigenvalue weighted by atomic mass is 9.92. The van der Waals surface area contributed by atoms with Gasteiger partial charge >= 0.3 is 0 Å². The zero-order valence-electron chi connectivity index (χ0n) is 9.46. The van der Waals surface area contributed by atoms with Crippen molar-refractivity contribution in [2.45, 2.75) is 5.60 Å². The van der Waals surface area contributed by atoms with Gasteiger partial charge < -0.3 is 4.74 Å². The summed E-state index contributed by atoms with van der Waals surface area (Å²) in [5.41, 5.74) is 0.716. The van der Waals surface area contributed by atoms with Crippen molar-refractivity contribution in [3.8, 4) is 0 Å². The maximum absolute atomic E-state index is 13.6. The second-order valence-corrected chi connectivity index (χ2v) is 5.43. The molecule has 0 N–H and O–H groups in total. The van der Waals surface area contributed by atoms with Gasteiger partial charge in [0.15, 0.2) is 0 Å². The van der Waals surface area contributed by atoms with Gasteiger partial charge in [-0.15, -0.1) is 0 Å². The Morgan fingerprint density at radius 1 is 1.05 bits per heavy atom. The highest BCUT2D eigenvalue weighted by molar-refractivity contribution is 6.32. The van der Waals surface area contributed by atoms with Crippen LogP contribution >= 0.6 is 34.8 Å². The standard InChI is InChI=1S/C13H7Cl3FNO/c14-9-2-1-7(3-10(9)17)13(6-19-13)8-4-11(15)18-12(16)5-8/h1-5H,6H2. The summed E-state index contributed by atoms with van der Waals surface area (Å²) in [6.45, 7) is 0.435. The van der Waals surface area contributed by atoms with Gasteiger partial charge in [-0.25, -0.2) is 9.37 Å². The van der Waals surface area contributed by atoms with Crippen molar-refractivity contribution < 1.29 is 9.13 Å². The van der Waals surface area contributed by atoms with E-state index in [-0.39, 0.29) is 15.3 Å². The quantitative estimate of drug-likeness (QED) is 0.603. The number of aromatic nitrogens is 1. The molecule has 6 heteroatoms. The van der Waals surface area contributed by atoms with Gasteiger partial charge in [0.1, 0.15) is 21.7 Å². The average molecular weight is 319 g/mol. The lowest BCUT2D eigenvalue weighted by Crippen LogP contribution is -2.11. The first-order valence-electron chi connectivity index (χ1n) is 5.44. The number of pyridine rings is 1. The lowest BCUT2D eigenvalue weighted by Gasteiger charge is -2.14. The predicted octanol–water partition coefficient (Wildman–Crippen LogP) is 4.45. The molecule has 1 atom stereocenters. The third kappa shape index (κ3) is 2.32. The summed E-state index contributed by atoms with van der Waals surface area (Å²) in [4.78, 5) is 3.88. The molecule has 2 nitrogen and oxygen atoms in total. The number of nitrogens with zero attached hydrogens (tertiary/aromatic N) is 1. The lowest BCUT2D eigenvalue weighted by molar-refractivity contribution is 0.348. The summed E-state index contributed by atoms with van der Waals surface area (Å²) < 4.78 is 19.1. The highest BCUT2D eigenvalue weighted by atomic mass is 35.5. The van der Waals surface area contributed by atoms with Crippen LogP contribution in [0.25, 0.3) is 0 Å². The number of hydrogen-bond acceptors (Lipinski definition) is 2. The maximum atomic E-state index is 13.6. The number of hydrogen-bond donors (Lipinski definition) is 0. The van der Waals surface area contributed by atoms with Crippen LogP contribution in [0.2, 0.25) is 15.3 Å². The normalized spacial score (nSPS) is 21.5. The Morgan fingerprint density at radius 2 is 1.68 bits per heavy atom. The van der Waals surface area contributed by atoms with E-state index in [1.807, 2.05) is 0 Å². The second kappa shape index (κ2) is 4.60. The van der Waals surface area contributed by atoms with E-state index < -0.39 is 11.4 Å². The Morgan fingerprint density at radius 3 is 2.21 bits per heavy atom. The molecular formula is C13H7Cl3FNO. The van der Waals surface area contributed by atoms with E-state index in [0.29, 0.717) is 12.2 Å². The Kier molecular flexibility index (Phi) is 3.18. The summed E-state index contributed by atoms with van der Waals surface area (Å²) in [5.74, 6) is -0.486.